The summed E-state index contributed by atoms with van der Waals surface area (Å²) in [6.45, 7) is 3.42. The number of hydrogen-bond acceptors (Lipinski definition) is 2. The van der Waals surface area contributed by atoms with Gasteiger partial charge in [0.1, 0.15) is 5.76 Å². The van der Waals surface area contributed by atoms with Crippen molar-refractivity contribution in [2.75, 3.05) is 5.32 Å². The topological polar surface area (TPSA) is 28.4 Å². The third-order valence-electron chi connectivity index (χ3n) is 3.73. The van der Waals surface area contributed by atoms with E-state index in [0.717, 1.165) is 18.0 Å². The first-order chi connectivity index (χ1) is 11.7. The fourth-order valence-electron chi connectivity index (χ4n) is 2.43. The van der Waals surface area contributed by atoms with Crippen molar-refractivity contribution in [3.63, 3.8) is 0 Å². The highest BCUT2D eigenvalue weighted by molar-refractivity contribution is 7.80. The first-order valence-electron chi connectivity index (χ1n) is 7.89. The van der Waals surface area contributed by atoms with Gasteiger partial charge in [0.2, 0.25) is 0 Å². The van der Waals surface area contributed by atoms with Crippen molar-refractivity contribution in [1.29, 1.82) is 0 Å². The second-order valence-corrected chi connectivity index (χ2v) is 6.10. The molecule has 0 fully saturated rings. The van der Waals surface area contributed by atoms with Gasteiger partial charge in [-0.1, -0.05) is 48.0 Å². The largest absolute Gasteiger partial charge is 0.467 e. The van der Waals surface area contributed by atoms with E-state index in [-0.39, 0.29) is 0 Å². The fourth-order valence-corrected chi connectivity index (χ4v) is 2.68. The van der Waals surface area contributed by atoms with Crippen molar-refractivity contribution >= 4 is 23.0 Å². The summed E-state index contributed by atoms with van der Waals surface area (Å²) in [5.41, 5.74) is 3.42. The molecule has 0 bridgehead atoms. The van der Waals surface area contributed by atoms with Gasteiger partial charge < -0.3 is 14.6 Å². The van der Waals surface area contributed by atoms with E-state index in [4.69, 9.17) is 16.6 Å². The molecule has 3 rings (SSSR count). The maximum atomic E-state index is 5.64. The summed E-state index contributed by atoms with van der Waals surface area (Å²) >= 11 is 5.64. The van der Waals surface area contributed by atoms with Crippen LogP contribution in [0.3, 0.4) is 0 Å². The molecule has 0 saturated heterocycles. The minimum Gasteiger partial charge on any atom is -0.467 e. The highest BCUT2D eigenvalue weighted by Gasteiger charge is 2.13. The lowest BCUT2D eigenvalue weighted by Crippen LogP contribution is -2.33. The number of thiocarbonyl (C=S) groups is 1. The molecular formula is C20H20N2OS. The zero-order chi connectivity index (χ0) is 16.8. The lowest BCUT2D eigenvalue weighted by Gasteiger charge is -2.25. The van der Waals surface area contributed by atoms with Crippen LogP contribution in [0.1, 0.15) is 16.9 Å². The third-order valence-corrected chi connectivity index (χ3v) is 4.09. The lowest BCUT2D eigenvalue weighted by atomic mass is 10.2. The van der Waals surface area contributed by atoms with Crippen LogP contribution in [0.4, 0.5) is 5.69 Å². The Balaban J connectivity index is 1.74. The Labute approximate surface area is 147 Å². The second-order valence-electron chi connectivity index (χ2n) is 5.72. The number of rotatable bonds is 5. The van der Waals surface area contributed by atoms with E-state index in [1.165, 1.54) is 11.1 Å². The summed E-state index contributed by atoms with van der Waals surface area (Å²) in [5.74, 6) is 0.888. The predicted octanol–water partition coefficient (Wildman–Crippen LogP) is 4.99. The summed E-state index contributed by atoms with van der Waals surface area (Å²) in [5, 5.41) is 4.00. The molecule has 1 heterocycles. The van der Waals surface area contributed by atoms with Crippen molar-refractivity contribution in [1.82, 2.24) is 4.90 Å². The predicted molar refractivity (Wildman–Crippen MR) is 102 cm³/mol. The molecule has 0 saturated carbocycles. The maximum Gasteiger partial charge on any atom is 0.174 e. The first-order valence-corrected chi connectivity index (χ1v) is 8.30. The highest BCUT2D eigenvalue weighted by Crippen LogP contribution is 2.14. The van der Waals surface area contributed by atoms with E-state index in [1.54, 1.807) is 6.26 Å². The molecule has 0 atom stereocenters. The molecule has 4 heteroatoms. The molecular weight excluding hydrogens is 316 g/mol. The Morgan fingerprint density at radius 2 is 1.71 bits per heavy atom. The molecule has 24 heavy (non-hydrogen) atoms. The van der Waals surface area contributed by atoms with Gasteiger partial charge in [0.15, 0.2) is 5.11 Å². The van der Waals surface area contributed by atoms with Crippen LogP contribution in [0.5, 0.6) is 0 Å². The van der Waals surface area contributed by atoms with Crippen molar-refractivity contribution < 1.29 is 4.42 Å². The minimum atomic E-state index is 0.625. The molecule has 3 nitrogen and oxygen atoms in total. The van der Waals surface area contributed by atoms with E-state index in [2.05, 4.69) is 41.4 Å². The number of benzene rings is 2. The molecule has 2 aromatic carbocycles. The van der Waals surface area contributed by atoms with Gasteiger partial charge >= 0.3 is 0 Å². The second kappa shape index (κ2) is 7.79. The zero-order valence-corrected chi connectivity index (χ0v) is 14.4. The Morgan fingerprint density at radius 3 is 2.38 bits per heavy atom. The van der Waals surface area contributed by atoms with Crippen LogP contribution in [0.15, 0.2) is 77.4 Å². The lowest BCUT2D eigenvalue weighted by molar-refractivity contribution is 0.360. The fraction of sp³-hybridized carbons (Fsp3) is 0.150. The molecule has 0 radical (unpaired) electrons. The summed E-state index contributed by atoms with van der Waals surface area (Å²) in [4.78, 5) is 2.10. The molecule has 0 spiro atoms. The summed E-state index contributed by atoms with van der Waals surface area (Å²) in [6, 6.07) is 22.4. The quantitative estimate of drug-likeness (QED) is 0.665. The van der Waals surface area contributed by atoms with Crippen molar-refractivity contribution in [2.45, 2.75) is 20.0 Å². The SMILES string of the molecule is Cc1ccc(NC(=S)N(Cc2ccccc2)Cc2ccco2)cc1. The maximum absolute atomic E-state index is 5.64. The van der Waals surface area contributed by atoms with Gasteiger partial charge in [0, 0.05) is 12.2 Å². The molecule has 3 aromatic rings. The van der Waals surface area contributed by atoms with Crippen LogP contribution in [0.2, 0.25) is 0 Å². The number of nitrogens with zero attached hydrogens (tertiary/aromatic N) is 1. The van der Waals surface area contributed by atoms with Gasteiger partial charge in [0.05, 0.1) is 12.8 Å². The summed E-state index contributed by atoms with van der Waals surface area (Å²) in [7, 11) is 0. The normalized spacial score (nSPS) is 10.4. The molecule has 0 aliphatic carbocycles. The van der Waals surface area contributed by atoms with E-state index in [0.29, 0.717) is 11.7 Å². The monoisotopic (exact) mass is 336 g/mol. The molecule has 1 aromatic heterocycles. The Hall–Kier alpha value is -2.59. The van der Waals surface area contributed by atoms with Gasteiger partial charge in [-0.15, -0.1) is 0 Å². The van der Waals surface area contributed by atoms with Crippen molar-refractivity contribution in [3.8, 4) is 0 Å². The smallest absolute Gasteiger partial charge is 0.174 e. The number of hydrogen-bond donors (Lipinski definition) is 1. The Bertz CT molecular complexity index is 767. The van der Waals surface area contributed by atoms with Gasteiger partial charge in [-0.05, 0) is 49.0 Å². The van der Waals surface area contributed by atoms with E-state index in [9.17, 15) is 0 Å². The zero-order valence-electron chi connectivity index (χ0n) is 13.6. The van der Waals surface area contributed by atoms with Gasteiger partial charge in [-0.2, -0.15) is 0 Å². The summed E-state index contributed by atoms with van der Waals surface area (Å²) in [6.07, 6.45) is 1.69. The highest BCUT2D eigenvalue weighted by atomic mass is 32.1. The first kappa shape index (κ1) is 16.3. The number of anilines is 1. The van der Waals surface area contributed by atoms with Gasteiger partial charge in [0.25, 0.3) is 0 Å². The average Bonchev–Trinajstić information content (AvgIpc) is 3.10. The van der Waals surface area contributed by atoms with Crippen LogP contribution in [-0.4, -0.2) is 10.0 Å². The number of furan rings is 1. The molecule has 0 unspecified atom stereocenters. The van der Waals surface area contributed by atoms with E-state index >= 15 is 0 Å². The van der Waals surface area contributed by atoms with Crippen LogP contribution in [0.25, 0.3) is 0 Å². The van der Waals surface area contributed by atoms with Crippen molar-refractivity contribution in [2.24, 2.45) is 0 Å². The van der Waals surface area contributed by atoms with E-state index < -0.39 is 0 Å². The van der Waals surface area contributed by atoms with Gasteiger partial charge in [-0.25, -0.2) is 0 Å². The van der Waals surface area contributed by atoms with E-state index in [1.807, 2.05) is 42.5 Å². The molecule has 0 amide bonds. The van der Waals surface area contributed by atoms with Gasteiger partial charge in [-0.3, -0.25) is 0 Å². The number of aryl methyl sites for hydroxylation is 1. The molecule has 1 N–H and O–H groups in total. The standard InChI is InChI=1S/C20H20N2OS/c1-16-9-11-18(12-10-16)21-20(24)22(15-19-8-5-13-23-19)14-17-6-3-2-4-7-17/h2-13H,14-15H2,1H3,(H,21,24). The van der Waals surface area contributed by atoms with Crippen molar-refractivity contribution in [3.05, 3.63) is 89.9 Å². The van der Waals surface area contributed by atoms with Crippen LogP contribution in [0, 0.1) is 6.92 Å². The molecule has 122 valence electrons. The Morgan fingerprint density at radius 1 is 0.958 bits per heavy atom. The molecule has 0 aliphatic heterocycles. The Kier molecular flexibility index (Phi) is 5.29. The van der Waals surface area contributed by atoms with Crippen LogP contribution in [-0.2, 0) is 13.1 Å². The van der Waals surface area contributed by atoms with Crippen LogP contribution < -0.4 is 5.32 Å². The average molecular weight is 336 g/mol. The summed E-state index contributed by atoms with van der Waals surface area (Å²) < 4.78 is 5.49. The van der Waals surface area contributed by atoms with Crippen LogP contribution >= 0.6 is 12.2 Å². The minimum absolute atomic E-state index is 0.625. The number of nitrogens with one attached hydrogen (secondary N) is 1. The third kappa shape index (κ3) is 4.46. The molecule has 0 aliphatic rings.